The van der Waals surface area contributed by atoms with Crippen LogP contribution in [0.1, 0.15) is 5.82 Å². The SMILES string of the molecule is COc1ccc(OC)c(-c2nc(C)nc(N)n2)c1. The van der Waals surface area contributed by atoms with Gasteiger partial charge in [-0.15, -0.1) is 0 Å². The second-order valence-electron chi connectivity index (χ2n) is 3.63. The largest absolute Gasteiger partial charge is 0.497 e. The molecule has 0 bridgehead atoms. The fourth-order valence-corrected chi connectivity index (χ4v) is 1.61. The molecule has 0 saturated carbocycles. The van der Waals surface area contributed by atoms with Gasteiger partial charge < -0.3 is 15.2 Å². The third-order valence-electron chi connectivity index (χ3n) is 2.41. The minimum absolute atomic E-state index is 0.183. The first-order valence-corrected chi connectivity index (χ1v) is 5.34. The van der Waals surface area contributed by atoms with Crippen LogP contribution in [0.4, 0.5) is 5.95 Å². The van der Waals surface area contributed by atoms with Crippen molar-refractivity contribution in [1.82, 2.24) is 15.0 Å². The predicted molar refractivity (Wildman–Crippen MR) is 67.5 cm³/mol. The number of hydrogen-bond donors (Lipinski definition) is 1. The number of nitrogens with zero attached hydrogens (tertiary/aromatic N) is 3. The van der Waals surface area contributed by atoms with Crippen LogP contribution in [0.5, 0.6) is 11.5 Å². The molecular formula is C12H14N4O2. The van der Waals surface area contributed by atoms with E-state index in [2.05, 4.69) is 15.0 Å². The molecule has 1 aromatic carbocycles. The van der Waals surface area contributed by atoms with E-state index < -0.39 is 0 Å². The maximum atomic E-state index is 5.62. The molecule has 6 heteroatoms. The van der Waals surface area contributed by atoms with Gasteiger partial charge in [0.15, 0.2) is 5.82 Å². The second kappa shape index (κ2) is 4.87. The van der Waals surface area contributed by atoms with Gasteiger partial charge in [-0.25, -0.2) is 4.98 Å². The summed E-state index contributed by atoms with van der Waals surface area (Å²) in [7, 11) is 3.18. The molecule has 1 aromatic heterocycles. The summed E-state index contributed by atoms with van der Waals surface area (Å²) in [5.41, 5.74) is 6.34. The number of aryl methyl sites for hydroxylation is 1. The Labute approximate surface area is 105 Å². The van der Waals surface area contributed by atoms with Crippen LogP contribution in [0.3, 0.4) is 0 Å². The lowest BCUT2D eigenvalue weighted by atomic mass is 10.1. The lowest BCUT2D eigenvalue weighted by molar-refractivity contribution is 0.404. The Morgan fingerprint density at radius 1 is 1.06 bits per heavy atom. The number of ether oxygens (including phenoxy) is 2. The molecule has 0 aliphatic carbocycles. The molecule has 6 nitrogen and oxygen atoms in total. The van der Waals surface area contributed by atoms with Gasteiger partial charge in [0.05, 0.1) is 19.8 Å². The van der Waals surface area contributed by atoms with E-state index in [1.54, 1.807) is 39.3 Å². The van der Waals surface area contributed by atoms with Gasteiger partial charge in [-0.05, 0) is 25.1 Å². The third-order valence-corrected chi connectivity index (χ3v) is 2.41. The maximum Gasteiger partial charge on any atom is 0.223 e. The average Bonchev–Trinajstić information content (AvgIpc) is 2.36. The monoisotopic (exact) mass is 246 g/mol. The predicted octanol–water partition coefficient (Wildman–Crippen LogP) is 1.45. The topological polar surface area (TPSA) is 83.2 Å². The molecule has 0 amide bonds. The Morgan fingerprint density at radius 2 is 1.83 bits per heavy atom. The van der Waals surface area contributed by atoms with E-state index in [0.29, 0.717) is 28.7 Å². The van der Waals surface area contributed by atoms with Crippen molar-refractivity contribution in [2.75, 3.05) is 20.0 Å². The van der Waals surface area contributed by atoms with Gasteiger partial charge in [0.1, 0.15) is 17.3 Å². The quantitative estimate of drug-likeness (QED) is 0.882. The fourth-order valence-electron chi connectivity index (χ4n) is 1.61. The summed E-state index contributed by atoms with van der Waals surface area (Å²) in [4.78, 5) is 12.3. The average molecular weight is 246 g/mol. The van der Waals surface area contributed by atoms with E-state index in [0.717, 1.165) is 0 Å². The summed E-state index contributed by atoms with van der Waals surface area (Å²) >= 11 is 0. The van der Waals surface area contributed by atoms with Crippen molar-refractivity contribution < 1.29 is 9.47 Å². The molecule has 0 saturated heterocycles. The van der Waals surface area contributed by atoms with Crippen LogP contribution < -0.4 is 15.2 Å². The van der Waals surface area contributed by atoms with Gasteiger partial charge in [-0.2, -0.15) is 9.97 Å². The Bertz CT molecular complexity index is 552. The standard InChI is InChI=1S/C12H14N4O2/c1-7-14-11(16-12(13)15-7)9-6-8(17-2)4-5-10(9)18-3/h4-6H,1-3H3,(H2,13,14,15,16). The van der Waals surface area contributed by atoms with Gasteiger partial charge in [-0.1, -0.05) is 0 Å². The van der Waals surface area contributed by atoms with Gasteiger partial charge in [0.2, 0.25) is 5.95 Å². The Hall–Kier alpha value is -2.37. The van der Waals surface area contributed by atoms with Crippen LogP contribution in [-0.4, -0.2) is 29.2 Å². The summed E-state index contributed by atoms with van der Waals surface area (Å²) in [6.45, 7) is 1.76. The zero-order valence-corrected chi connectivity index (χ0v) is 10.5. The molecule has 1 heterocycles. The number of aromatic nitrogens is 3. The van der Waals surface area contributed by atoms with Crippen molar-refractivity contribution in [3.05, 3.63) is 24.0 Å². The Morgan fingerprint density at radius 3 is 2.44 bits per heavy atom. The highest BCUT2D eigenvalue weighted by molar-refractivity contribution is 5.66. The smallest absolute Gasteiger partial charge is 0.223 e. The Balaban J connectivity index is 2.60. The molecule has 0 fully saturated rings. The summed E-state index contributed by atoms with van der Waals surface area (Å²) < 4.78 is 10.5. The second-order valence-corrected chi connectivity index (χ2v) is 3.63. The Kier molecular flexibility index (Phi) is 3.27. The van der Waals surface area contributed by atoms with Crippen molar-refractivity contribution in [3.63, 3.8) is 0 Å². The van der Waals surface area contributed by atoms with E-state index in [-0.39, 0.29) is 5.95 Å². The minimum Gasteiger partial charge on any atom is -0.497 e. The van der Waals surface area contributed by atoms with E-state index in [9.17, 15) is 0 Å². The summed E-state index contributed by atoms with van der Waals surface area (Å²) in [5, 5.41) is 0. The van der Waals surface area contributed by atoms with Crippen LogP contribution in [0.2, 0.25) is 0 Å². The fraction of sp³-hybridized carbons (Fsp3) is 0.250. The minimum atomic E-state index is 0.183. The molecule has 0 atom stereocenters. The number of rotatable bonds is 3. The van der Waals surface area contributed by atoms with Crippen molar-refractivity contribution in [1.29, 1.82) is 0 Å². The van der Waals surface area contributed by atoms with Crippen molar-refractivity contribution in [2.45, 2.75) is 6.92 Å². The molecule has 18 heavy (non-hydrogen) atoms. The molecule has 2 rings (SSSR count). The number of benzene rings is 1. The van der Waals surface area contributed by atoms with Gasteiger partial charge in [0, 0.05) is 0 Å². The highest BCUT2D eigenvalue weighted by atomic mass is 16.5. The first-order valence-electron chi connectivity index (χ1n) is 5.34. The number of methoxy groups -OCH3 is 2. The van der Waals surface area contributed by atoms with Crippen LogP contribution in [-0.2, 0) is 0 Å². The normalized spacial score (nSPS) is 10.2. The molecule has 2 aromatic rings. The molecule has 0 spiro atoms. The highest BCUT2D eigenvalue weighted by Crippen LogP contribution is 2.31. The first-order chi connectivity index (χ1) is 8.63. The zero-order chi connectivity index (χ0) is 13.1. The van der Waals surface area contributed by atoms with E-state index in [1.165, 1.54) is 0 Å². The van der Waals surface area contributed by atoms with Gasteiger partial charge in [-0.3, -0.25) is 0 Å². The number of hydrogen-bond acceptors (Lipinski definition) is 6. The van der Waals surface area contributed by atoms with Crippen LogP contribution >= 0.6 is 0 Å². The zero-order valence-electron chi connectivity index (χ0n) is 10.5. The van der Waals surface area contributed by atoms with Gasteiger partial charge >= 0.3 is 0 Å². The molecule has 0 unspecified atom stereocenters. The van der Waals surface area contributed by atoms with Crippen LogP contribution in [0.15, 0.2) is 18.2 Å². The molecule has 0 aliphatic heterocycles. The van der Waals surface area contributed by atoms with E-state index >= 15 is 0 Å². The van der Waals surface area contributed by atoms with Gasteiger partial charge in [0.25, 0.3) is 0 Å². The highest BCUT2D eigenvalue weighted by Gasteiger charge is 2.12. The molecular weight excluding hydrogens is 232 g/mol. The number of nitrogen functional groups attached to an aromatic ring is 1. The van der Waals surface area contributed by atoms with Crippen LogP contribution in [0.25, 0.3) is 11.4 Å². The van der Waals surface area contributed by atoms with Crippen molar-refractivity contribution in [3.8, 4) is 22.9 Å². The number of anilines is 1. The molecule has 0 aliphatic rings. The van der Waals surface area contributed by atoms with Crippen molar-refractivity contribution >= 4 is 5.95 Å². The summed E-state index contributed by atoms with van der Waals surface area (Å²) in [5.74, 6) is 2.56. The maximum absolute atomic E-state index is 5.62. The lowest BCUT2D eigenvalue weighted by Gasteiger charge is -2.09. The molecule has 0 radical (unpaired) electrons. The van der Waals surface area contributed by atoms with Crippen molar-refractivity contribution in [2.24, 2.45) is 0 Å². The number of nitrogens with two attached hydrogens (primary N) is 1. The first kappa shape index (κ1) is 12.1. The lowest BCUT2D eigenvalue weighted by Crippen LogP contribution is -2.03. The third kappa shape index (κ3) is 2.32. The van der Waals surface area contributed by atoms with Crippen LogP contribution in [0, 0.1) is 6.92 Å². The molecule has 2 N–H and O–H groups in total. The summed E-state index contributed by atoms with van der Waals surface area (Å²) in [6, 6.07) is 5.40. The van der Waals surface area contributed by atoms with E-state index in [1.807, 2.05) is 0 Å². The molecule has 94 valence electrons. The summed E-state index contributed by atoms with van der Waals surface area (Å²) in [6.07, 6.45) is 0. The van der Waals surface area contributed by atoms with E-state index in [4.69, 9.17) is 15.2 Å².